The van der Waals surface area contributed by atoms with Gasteiger partial charge >= 0.3 is 5.97 Å². The standard InChI is InChI=1S/C24H23NO5/c1-4-25-13-16(17-8-6-7-9-19(17)25)12-21-23(27)18-10-11-20(15(3)24(18)30-21)29-14-22(26)28-5-2/h6-13H,4-5,14H2,1-3H3/b21-12+. The first-order valence-corrected chi connectivity index (χ1v) is 9.97. The van der Waals surface area contributed by atoms with E-state index in [0.717, 1.165) is 23.0 Å². The zero-order chi connectivity index (χ0) is 21.3. The molecule has 154 valence electrons. The number of hydrogen-bond donors (Lipinski definition) is 0. The molecule has 2 heterocycles. The van der Waals surface area contributed by atoms with Crippen molar-refractivity contribution in [2.45, 2.75) is 27.3 Å². The summed E-state index contributed by atoms with van der Waals surface area (Å²) in [6.45, 7) is 6.56. The number of aromatic nitrogens is 1. The Morgan fingerprint density at radius 2 is 1.97 bits per heavy atom. The van der Waals surface area contributed by atoms with Crippen LogP contribution in [0, 0.1) is 6.92 Å². The number of Topliss-reactive ketones (excluding diaryl/α,β-unsaturated/α-hetero) is 1. The molecule has 4 rings (SSSR count). The second kappa shape index (κ2) is 8.06. The van der Waals surface area contributed by atoms with Crippen LogP contribution in [-0.2, 0) is 16.1 Å². The first-order valence-electron chi connectivity index (χ1n) is 9.97. The number of hydrogen-bond acceptors (Lipinski definition) is 5. The van der Waals surface area contributed by atoms with E-state index < -0.39 is 5.97 Å². The van der Waals surface area contributed by atoms with Crippen LogP contribution in [0.1, 0.15) is 35.3 Å². The number of aryl methyl sites for hydroxylation is 1. The molecular weight excluding hydrogens is 382 g/mol. The Morgan fingerprint density at radius 1 is 1.17 bits per heavy atom. The molecule has 0 N–H and O–H groups in total. The predicted octanol–water partition coefficient (Wildman–Crippen LogP) is 4.53. The van der Waals surface area contributed by atoms with Crippen LogP contribution in [0.4, 0.5) is 0 Å². The molecule has 0 atom stereocenters. The van der Waals surface area contributed by atoms with Crippen molar-refractivity contribution >= 4 is 28.7 Å². The molecular formula is C24H23NO5. The quantitative estimate of drug-likeness (QED) is 0.445. The van der Waals surface area contributed by atoms with Gasteiger partial charge in [-0.3, -0.25) is 4.79 Å². The van der Waals surface area contributed by atoms with E-state index in [1.807, 2.05) is 24.4 Å². The van der Waals surface area contributed by atoms with Crippen LogP contribution in [0.3, 0.4) is 0 Å². The van der Waals surface area contributed by atoms with Crippen molar-refractivity contribution in [2.24, 2.45) is 0 Å². The largest absolute Gasteiger partial charge is 0.481 e. The van der Waals surface area contributed by atoms with Crippen LogP contribution >= 0.6 is 0 Å². The summed E-state index contributed by atoms with van der Waals surface area (Å²) in [5.74, 6) is 0.612. The van der Waals surface area contributed by atoms with Gasteiger partial charge in [-0.2, -0.15) is 0 Å². The van der Waals surface area contributed by atoms with Gasteiger partial charge in [0.2, 0.25) is 5.78 Å². The first-order chi connectivity index (χ1) is 14.5. The molecule has 0 amide bonds. The topological polar surface area (TPSA) is 66.8 Å². The Kier molecular flexibility index (Phi) is 5.31. The lowest BCUT2D eigenvalue weighted by atomic mass is 10.1. The van der Waals surface area contributed by atoms with Gasteiger partial charge in [0, 0.05) is 34.8 Å². The zero-order valence-corrected chi connectivity index (χ0v) is 17.2. The number of carbonyl (C=O) groups excluding carboxylic acids is 2. The molecule has 6 heteroatoms. The Hall–Kier alpha value is -3.54. The second-order valence-electron chi connectivity index (χ2n) is 6.99. The maximum absolute atomic E-state index is 12.9. The molecule has 3 aromatic rings. The number of nitrogens with zero attached hydrogens (tertiary/aromatic N) is 1. The molecule has 0 aliphatic carbocycles. The third-order valence-electron chi connectivity index (χ3n) is 5.13. The molecule has 0 fully saturated rings. The fourth-order valence-corrected chi connectivity index (χ4v) is 3.66. The van der Waals surface area contributed by atoms with E-state index >= 15 is 0 Å². The fraction of sp³-hybridized carbons (Fsp3) is 0.250. The Morgan fingerprint density at radius 3 is 2.73 bits per heavy atom. The maximum atomic E-state index is 12.9. The molecule has 0 spiro atoms. The zero-order valence-electron chi connectivity index (χ0n) is 17.2. The number of ketones is 1. The van der Waals surface area contributed by atoms with Crippen molar-refractivity contribution in [3.63, 3.8) is 0 Å². The minimum Gasteiger partial charge on any atom is -0.481 e. The van der Waals surface area contributed by atoms with E-state index in [2.05, 4.69) is 17.6 Å². The van der Waals surface area contributed by atoms with Gasteiger partial charge in [-0.05, 0) is 45.0 Å². The lowest BCUT2D eigenvalue weighted by Crippen LogP contribution is -2.15. The van der Waals surface area contributed by atoms with Crippen molar-refractivity contribution in [1.82, 2.24) is 4.57 Å². The number of rotatable bonds is 6. The number of para-hydroxylation sites is 1. The molecule has 1 aliphatic heterocycles. The third-order valence-corrected chi connectivity index (χ3v) is 5.13. The molecule has 30 heavy (non-hydrogen) atoms. The van der Waals surface area contributed by atoms with Crippen molar-refractivity contribution in [1.29, 1.82) is 0 Å². The van der Waals surface area contributed by atoms with Crippen molar-refractivity contribution in [2.75, 3.05) is 13.2 Å². The summed E-state index contributed by atoms with van der Waals surface area (Å²) in [6, 6.07) is 11.4. The summed E-state index contributed by atoms with van der Waals surface area (Å²) >= 11 is 0. The van der Waals surface area contributed by atoms with E-state index in [1.165, 1.54) is 0 Å². The van der Waals surface area contributed by atoms with E-state index in [1.54, 1.807) is 32.1 Å². The Labute approximate surface area is 174 Å². The number of allylic oxidation sites excluding steroid dienone is 1. The minimum absolute atomic E-state index is 0.168. The maximum Gasteiger partial charge on any atom is 0.344 e. The average molecular weight is 405 g/mol. The van der Waals surface area contributed by atoms with Crippen molar-refractivity contribution < 1.29 is 23.8 Å². The molecule has 0 saturated heterocycles. The monoisotopic (exact) mass is 405 g/mol. The SMILES string of the molecule is CCOC(=O)COc1ccc2c(c1C)O/C(=C/c1cn(CC)c3ccccc13)C2=O. The predicted molar refractivity (Wildman–Crippen MR) is 114 cm³/mol. The molecule has 0 radical (unpaired) electrons. The molecule has 1 aliphatic rings. The van der Waals surface area contributed by atoms with Gasteiger partial charge in [0.25, 0.3) is 0 Å². The summed E-state index contributed by atoms with van der Waals surface area (Å²) in [4.78, 5) is 24.5. The van der Waals surface area contributed by atoms with E-state index in [4.69, 9.17) is 14.2 Å². The van der Waals surface area contributed by atoms with Crippen LogP contribution in [0.5, 0.6) is 11.5 Å². The minimum atomic E-state index is -0.442. The highest BCUT2D eigenvalue weighted by Crippen LogP contribution is 2.39. The summed E-state index contributed by atoms with van der Waals surface area (Å²) in [5.41, 5.74) is 3.20. The Bertz CT molecular complexity index is 1170. The first kappa shape index (κ1) is 19.8. The lowest BCUT2D eigenvalue weighted by molar-refractivity contribution is -0.145. The number of fused-ring (bicyclic) bond motifs is 2. The van der Waals surface area contributed by atoms with Crippen molar-refractivity contribution in [3.05, 3.63) is 65.0 Å². The highest BCUT2D eigenvalue weighted by Gasteiger charge is 2.30. The molecule has 0 unspecified atom stereocenters. The number of carbonyl (C=O) groups is 2. The second-order valence-corrected chi connectivity index (χ2v) is 6.99. The van der Waals surface area contributed by atoms with Crippen LogP contribution < -0.4 is 9.47 Å². The summed E-state index contributed by atoms with van der Waals surface area (Å²) in [5, 5.41) is 1.06. The van der Waals surface area contributed by atoms with Crippen molar-refractivity contribution in [3.8, 4) is 11.5 Å². The smallest absolute Gasteiger partial charge is 0.344 e. The average Bonchev–Trinajstić information content (AvgIpc) is 3.26. The van der Waals surface area contributed by atoms with Gasteiger partial charge in [-0.25, -0.2) is 4.79 Å². The molecule has 1 aromatic heterocycles. The fourth-order valence-electron chi connectivity index (χ4n) is 3.66. The van der Waals surface area contributed by atoms with E-state index in [9.17, 15) is 9.59 Å². The van der Waals surface area contributed by atoms with Gasteiger partial charge in [0.15, 0.2) is 12.4 Å². The van der Waals surface area contributed by atoms with Gasteiger partial charge < -0.3 is 18.8 Å². The number of ether oxygens (including phenoxy) is 3. The number of esters is 1. The summed E-state index contributed by atoms with van der Waals surface area (Å²) in [7, 11) is 0. The van der Waals surface area contributed by atoms with Gasteiger partial charge in [-0.1, -0.05) is 18.2 Å². The number of benzene rings is 2. The third kappa shape index (κ3) is 3.45. The van der Waals surface area contributed by atoms with Gasteiger partial charge in [0.1, 0.15) is 11.5 Å². The normalized spacial score (nSPS) is 14.1. The van der Waals surface area contributed by atoms with Crippen LogP contribution in [0.2, 0.25) is 0 Å². The molecule has 6 nitrogen and oxygen atoms in total. The molecule has 0 saturated carbocycles. The van der Waals surface area contributed by atoms with E-state index in [0.29, 0.717) is 29.2 Å². The molecule has 2 aromatic carbocycles. The Balaban J connectivity index is 1.64. The lowest BCUT2D eigenvalue weighted by Gasteiger charge is -2.10. The summed E-state index contributed by atoms with van der Waals surface area (Å²) < 4.78 is 18.5. The van der Waals surface area contributed by atoms with Crippen LogP contribution in [0.15, 0.2) is 48.4 Å². The van der Waals surface area contributed by atoms with Gasteiger partial charge in [0.05, 0.1) is 12.2 Å². The van der Waals surface area contributed by atoms with E-state index in [-0.39, 0.29) is 18.1 Å². The van der Waals surface area contributed by atoms with Crippen LogP contribution in [-0.4, -0.2) is 29.5 Å². The highest BCUT2D eigenvalue weighted by atomic mass is 16.6. The summed E-state index contributed by atoms with van der Waals surface area (Å²) in [6.07, 6.45) is 3.81. The molecule has 0 bridgehead atoms. The highest BCUT2D eigenvalue weighted by molar-refractivity contribution is 6.15. The van der Waals surface area contributed by atoms with Gasteiger partial charge in [-0.15, -0.1) is 0 Å². The van der Waals surface area contributed by atoms with Crippen LogP contribution in [0.25, 0.3) is 17.0 Å².